The van der Waals surface area contributed by atoms with Gasteiger partial charge in [0.1, 0.15) is 0 Å². The van der Waals surface area contributed by atoms with E-state index in [0.29, 0.717) is 18.0 Å². The third-order valence-electron chi connectivity index (χ3n) is 4.32. The summed E-state index contributed by atoms with van der Waals surface area (Å²) < 4.78 is 26.9. The molecular weight excluding hydrogens is 282 g/mol. The minimum absolute atomic E-state index is 0.186. The van der Waals surface area contributed by atoms with Crippen LogP contribution in [0, 0.1) is 12.3 Å². The highest BCUT2D eigenvalue weighted by atomic mass is 32.2. The van der Waals surface area contributed by atoms with Crippen molar-refractivity contribution in [1.82, 2.24) is 4.31 Å². The van der Waals surface area contributed by atoms with Gasteiger partial charge in [-0.1, -0.05) is 30.2 Å². The van der Waals surface area contributed by atoms with Gasteiger partial charge in [-0.15, -0.1) is 6.58 Å². The summed E-state index contributed by atoms with van der Waals surface area (Å²) in [5.74, 6) is 0. The van der Waals surface area contributed by atoms with Gasteiger partial charge in [0, 0.05) is 13.1 Å². The molecule has 4 heteroatoms. The van der Waals surface area contributed by atoms with Crippen molar-refractivity contribution in [3.05, 3.63) is 42.0 Å². The van der Waals surface area contributed by atoms with Gasteiger partial charge in [-0.3, -0.25) is 0 Å². The molecule has 3 nitrogen and oxygen atoms in total. The zero-order chi connectivity index (χ0) is 15.7. The molecule has 0 atom stereocenters. The lowest BCUT2D eigenvalue weighted by Crippen LogP contribution is -2.42. The molecule has 116 valence electrons. The van der Waals surface area contributed by atoms with E-state index in [2.05, 4.69) is 13.5 Å². The van der Waals surface area contributed by atoms with Crippen molar-refractivity contribution < 1.29 is 8.42 Å². The summed E-state index contributed by atoms with van der Waals surface area (Å²) in [5, 5.41) is 0. The maximum absolute atomic E-state index is 12.6. The van der Waals surface area contributed by atoms with Crippen LogP contribution >= 0.6 is 0 Å². The van der Waals surface area contributed by atoms with Gasteiger partial charge in [-0.2, -0.15) is 4.31 Å². The fourth-order valence-corrected chi connectivity index (χ4v) is 4.47. The lowest BCUT2D eigenvalue weighted by molar-refractivity contribution is 0.174. The van der Waals surface area contributed by atoms with Crippen LogP contribution in [-0.4, -0.2) is 25.8 Å². The first-order valence-corrected chi connectivity index (χ1v) is 8.88. The smallest absolute Gasteiger partial charge is 0.207 e. The predicted octanol–water partition coefficient (Wildman–Crippen LogP) is 3.75. The molecule has 1 aromatic carbocycles. The summed E-state index contributed by atoms with van der Waals surface area (Å²) in [4.78, 5) is 0.400. The molecule has 0 N–H and O–H groups in total. The second-order valence-corrected chi connectivity index (χ2v) is 8.60. The zero-order valence-corrected chi connectivity index (χ0v) is 14.0. The van der Waals surface area contributed by atoms with Gasteiger partial charge >= 0.3 is 0 Å². The average Bonchev–Trinajstić information content (AvgIpc) is 2.38. The van der Waals surface area contributed by atoms with E-state index in [1.807, 2.05) is 26.0 Å². The number of hydrogen-bond donors (Lipinski definition) is 0. The molecular formula is C17H25NO2S. The fourth-order valence-electron chi connectivity index (χ4n) is 3.03. The average molecular weight is 307 g/mol. The molecule has 2 rings (SSSR count). The van der Waals surface area contributed by atoms with E-state index in [4.69, 9.17) is 0 Å². The van der Waals surface area contributed by atoms with Gasteiger partial charge in [0.25, 0.3) is 0 Å². The summed E-state index contributed by atoms with van der Waals surface area (Å²) in [7, 11) is -3.35. The van der Waals surface area contributed by atoms with E-state index in [9.17, 15) is 8.42 Å². The van der Waals surface area contributed by atoms with Crippen LogP contribution in [0.25, 0.3) is 0 Å². The Hall–Kier alpha value is -1.13. The van der Waals surface area contributed by atoms with Crippen LogP contribution in [0.5, 0.6) is 0 Å². The van der Waals surface area contributed by atoms with E-state index in [1.165, 1.54) is 5.57 Å². The predicted molar refractivity (Wildman–Crippen MR) is 86.7 cm³/mol. The standard InChI is InChI=1S/C17H25NO2S/c1-14(2)13-17(4)9-11-18(12-10-17)21(19,20)16-7-5-15(3)6-8-16/h5-8H,1,9-13H2,2-4H3. The van der Waals surface area contributed by atoms with E-state index in [1.54, 1.807) is 16.4 Å². The van der Waals surface area contributed by atoms with Gasteiger partial charge in [0.2, 0.25) is 10.0 Å². The van der Waals surface area contributed by atoms with Crippen molar-refractivity contribution in [1.29, 1.82) is 0 Å². The van der Waals surface area contributed by atoms with Gasteiger partial charge in [0.05, 0.1) is 4.90 Å². The lowest BCUT2D eigenvalue weighted by atomic mass is 9.76. The third-order valence-corrected chi connectivity index (χ3v) is 6.23. The van der Waals surface area contributed by atoms with Crippen molar-refractivity contribution in [3.8, 4) is 0 Å². The number of aryl methyl sites for hydroxylation is 1. The van der Waals surface area contributed by atoms with Crippen molar-refractivity contribution in [2.45, 2.75) is 44.9 Å². The molecule has 0 radical (unpaired) electrons. The summed E-state index contributed by atoms with van der Waals surface area (Å²) in [6.07, 6.45) is 2.77. The molecule has 1 fully saturated rings. The van der Waals surface area contributed by atoms with Gasteiger partial charge in [0.15, 0.2) is 0 Å². The van der Waals surface area contributed by atoms with Crippen LogP contribution in [0.15, 0.2) is 41.3 Å². The number of hydrogen-bond acceptors (Lipinski definition) is 2. The number of nitrogens with zero attached hydrogens (tertiary/aromatic N) is 1. The van der Waals surface area contributed by atoms with Crippen molar-refractivity contribution >= 4 is 10.0 Å². The summed E-state index contributed by atoms with van der Waals surface area (Å²) >= 11 is 0. The first-order valence-electron chi connectivity index (χ1n) is 7.44. The molecule has 1 saturated heterocycles. The van der Waals surface area contributed by atoms with Gasteiger partial charge in [-0.05, 0) is 50.7 Å². The molecule has 0 saturated carbocycles. The first kappa shape index (κ1) is 16.2. The SMILES string of the molecule is C=C(C)CC1(C)CCN(S(=O)(=O)c2ccc(C)cc2)CC1. The largest absolute Gasteiger partial charge is 0.243 e. The molecule has 0 spiro atoms. The first-order chi connectivity index (χ1) is 9.73. The van der Waals surface area contributed by atoms with Crippen LogP contribution in [-0.2, 0) is 10.0 Å². The summed E-state index contributed by atoms with van der Waals surface area (Å²) in [6, 6.07) is 7.10. The fraction of sp³-hybridized carbons (Fsp3) is 0.529. The number of piperidine rings is 1. The Bertz CT molecular complexity index is 609. The second kappa shape index (κ2) is 5.93. The van der Waals surface area contributed by atoms with E-state index >= 15 is 0 Å². The van der Waals surface area contributed by atoms with Crippen LogP contribution in [0.1, 0.15) is 38.7 Å². The van der Waals surface area contributed by atoms with Crippen molar-refractivity contribution in [3.63, 3.8) is 0 Å². The molecule has 0 bridgehead atoms. The third kappa shape index (κ3) is 3.74. The minimum Gasteiger partial charge on any atom is -0.207 e. The normalized spacial score (nSPS) is 19.4. The number of allylic oxidation sites excluding steroid dienone is 1. The number of benzene rings is 1. The molecule has 0 aliphatic carbocycles. The molecule has 21 heavy (non-hydrogen) atoms. The number of sulfonamides is 1. The highest BCUT2D eigenvalue weighted by Crippen LogP contribution is 2.38. The number of rotatable bonds is 4. The minimum atomic E-state index is -3.35. The monoisotopic (exact) mass is 307 g/mol. The lowest BCUT2D eigenvalue weighted by Gasteiger charge is -2.39. The summed E-state index contributed by atoms with van der Waals surface area (Å²) in [6.45, 7) is 11.4. The molecule has 0 unspecified atom stereocenters. The zero-order valence-electron chi connectivity index (χ0n) is 13.2. The van der Waals surface area contributed by atoms with E-state index in [-0.39, 0.29) is 5.41 Å². The Kier molecular flexibility index (Phi) is 4.59. The highest BCUT2D eigenvalue weighted by molar-refractivity contribution is 7.89. The van der Waals surface area contributed by atoms with Crippen molar-refractivity contribution in [2.75, 3.05) is 13.1 Å². The maximum Gasteiger partial charge on any atom is 0.243 e. The maximum atomic E-state index is 12.6. The summed E-state index contributed by atoms with van der Waals surface area (Å²) in [5.41, 5.74) is 2.43. The molecule has 1 aromatic rings. The Morgan fingerprint density at radius 3 is 2.24 bits per heavy atom. The van der Waals surface area contributed by atoms with Crippen LogP contribution in [0.2, 0.25) is 0 Å². The van der Waals surface area contributed by atoms with E-state index < -0.39 is 10.0 Å². The molecule has 1 aliphatic rings. The second-order valence-electron chi connectivity index (χ2n) is 6.66. The molecule has 0 aromatic heterocycles. The van der Waals surface area contributed by atoms with Crippen molar-refractivity contribution in [2.24, 2.45) is 5.41 Å². The molecule has 1 heterocycles. The topological polar surface area (TPSA) is 37.4 Å². The quantitative estimate of drug-likeness (QED) is 0.794. The highest BCUT2D eigenvalue weighted by Gasteiger charge is 2.35. The van der Waals surface area contributed by atoms with Gasteiger partial charge in [-0.25, -0.2) is 8.42 Å². The van der Waals surface area contributed by atoms with Crippen LogP contribution in [0.3, 0.4) is 0 Å². The van der Waals surface area contributed by atoms with Gasteiger partial charge < -0.3 is 0 Å². The van der Waals surface area contributed by atoms with E-state index in [0.717, 1.165) is 24.8 Å². The van der Waals surface area contributed by atoms with Crippen LogP contribution in [0.4, 0.5) is 0 Å². The Balaban J connectivity index is 2.11. The Morgan fingerprint density at radius 1 is 1.24 bits per heavy atom. The molecule has 1 aliphatic heterocycles. The van der Waals surface area contributed by atoms with Crippen LogP contribution < -0.4 is 0 Å². The Labute approximate surface area is 128 Å². The molecule has 0 amide bonds. The Morgan fingerprint density at radius 2 is 1.76 bits per heavy atom.